The van der Waals surface area contributed by atoms with Crippen LogP contribution in [0.25, 0.3) is 11.1 Å². The highest BCUT2D eigenvalue weighted by atomic mass is 35.5. The molecule has 3 rings (SSSR count). The van der Waals surface area contributed by atoms with Crippen LogP contribution in [-0.2, 0) is 6.42 Å². The van der Waals surface area contributed by atoms with Gasteiger partial charge in [-0.15, -0.1) is 0 Å². The molecule has 1 heterocycles. The number of rotatable bonds is 4. The van der Waals surface area contributed by atoms with Gasteiger partial charge in [0, 0.05) is 10.6 Å². The molecule has 0 saturated heterocycles. The molecule has 5 heteroatoms. The van der Waals surface area contributed by atoms with Crippen LogP contribution in [0.15, 0.2) is 22.7 Å². The van der Waals surface area contributed by atoms with Gasteiger partial charge in [-0.3, -0.25) is 0 Å². The summed E-state index contributed by atoms with van der Waals surface area (Å²) >= 11 is 12.2. The molecule has 0 bridgehead atoms. The van der Waals surface area contributed by atoms with Crippen molar-refractivity contribution in [3.63, 3.8) is 0 Å². The number of aromatic nitrogens is 1. The Morgan fingerprint density at radius 1 is 1.24 bits per heavy atom. The van der Waals surface area contributed by atoms with Gasteiger partial charge in [0.2, 0.25) is 5.88 Å². The first-order chi connectivity index (χ1) is 10.1. The zero-order chi connectivity index (χ0) is 14.8. The van der Waals surface area contributed by atoms with Gasteiger partial charge in [0.15, 0.2) is 0 Å². The van der Waals surface area contributed by atoms with Gasteiger partial charge in [0.05, 0.1) is 16.3 Å². The number of benzene rings is 1. The number of nitrogens with two attached hydrogens (primary N) is 1. The van der Waals surface area contributed by atoms with Crippen molar-refractivity contribution in [3.8, 4) is 11.1 Å². The Labute approximate surface area is 134 Å². The molecule has 1 aromatic carbocycles. The molecule has 2 aromatic rings. The number of hydrogen-bond acceptors (Lipinski definition) is 3. The van der Waals surface area contributed by atoms with Crippen molar-refractivity contribution in [2.24, 2.45) is 5.92 Å². The fourth-order valence-corrected chi connectivity index (χ4v) is 3.63. The van der Waals surface area contributed by atoms with E-state index in [9.17, 15) is 0 Å². The first-order valence-corrected chi connectivity index (χ1v) is 8.10. The summed E-state index contributed by atoms with van der Waals surface area (Å²) < 4.78 is 5.19. The van der Waals surface area contributed by atoms with E-state index >= 15 is 0 Å². The largest absolute Gasteiger partial charge is 0.367 e. The Bertz CT molecular complexity index is 633. The molecule has 0 amide bonds. The van der Waals surface area contributed by atoms with Gasteiger partial charge in [-0.1, -0.05) is 60.1 Å². The lowest BCUT2D eigenvalue weighted by Crippen LogP contribution is -1.98. The fraction of sp³-hybridized carbons (Fsp3) is 0.438. The van der Waals surface area contributed by atoms with Gasteiger partial charge in [-0.2, -0.15) is 0 Å². The predicted molar refractivity (Wildman–Crippen MR) is 86.7 cm³/mol. The summed E-state index contributed by atoms with van der Waals surface area (Å²) in [5.74, 6) is 1.12. The second-order valence-corrected chi connectivity index (χ2v) is 6.53. The number of nitrogens with zero attached hydrogens (tertiary/aromatic N) is 1. The lowest BCUT2D eigenvalue weighted by atomic mass is 9.97. The lowest BCUT2D eigenvalue weighted by molar-refractivity contribution is 0.419. The van der Waals surface area contributed by atoms with Gasteiger partial charge in [-0.05, 0) is 30.9 Å². The zero-order valence-corrected chi connectivity index (χ0v) is 13.3. The van der Waals surface area contributed by atoms with Crippen LogP contribution < -0.4 is 5.73 Å². The molecule has 3 nitrogen and oxygen atoms in total. The molecular weight excluding hydrogens is 307 g/mol. The van der Waals surface area contributed by atoms with E-state index < -0.39 is 0 Å². The molecule has 1 aliphatic rings. The lowest BCUT2D eigenvalue weighted by Gasteiger charge is -2.09. The van der Waals surface area contributed by atoms with Crippen molar-refractivity contribution in [1.82, 2.24) is 5.16 Å². The number of anilines is 1. The van der Waals surface area contributed by atoms with E-state index in [1.165, 1.54) is 25.7 Å². The van der Waals surface area contributed by atoms with Crippen LogP contribution in [-0.4, -0.2) is 5.16 Å². The van der Waals surface area contributed by atoms with Crippen LogP contribution in [0.4, 0.5) is 5.88 Å². The Morgan fingerprint density at radius 3 is 2.71 bits per heavy atom. The third-order valence-corrected chi connectivity index (χ3v) is 4.80. The van der Waals surface area contributed by atoms with Crippen molar-refractivity contribution < 1.29 is 4.52 Å². The van der Waals surface area contributed by atoms with E-state index in [0.29, 0.717) is 15.9 Å². The summed E-state index contributed by atoms with van der Waals surface area (Å²) in [4.78, 5) is 0. The summed E-state index contributed by atoms with van der Waals surface area (Å²) in [6, 6.07) is 5.38. The minimum Gasteiger partial charge on any atom is -0.367 e. The first-order valence-electron chi connectivity index (χ1n) is 7.34. The average Bonchev–Trinajstić information content (AvgIpc) is 3.07. The number of hydrogen-bond donors (Lipinski definition) is 1. The molecule has 1 saturated carbocycles. The summed E-state index contributed by atoms with van der Waals surface area (Å²) in [5.41, 5.74) is 8.48. The van der Waals surface area contributed by atoms with Crippen LogP contribution in [0.1, 0.15) is 37.8 Å². The Kier molecular flexibility index (Phi) is 4.41. The van der Waals surface area contributed by atoms with Crippen LogP contribution in [0.3, 0.4) is 0 Å². The maximum Gasteiger partial charge on any atom is 0.230 e. The minimum atomic E-state index is 0.320. The summed E-state index contributed by atoms with van der Waals surface area (Å²) in [6.45, 7) is 0. The average molecular weight is 325 g/mol. The van der Waals surface area contributed by atoms with Crippen LogP contribution in [0, 0.1) is 5.92 Å². The zero-order valence-electron chi connectivity index (χ0n) is 11.7. The van der Waals surface area contributed by atoms with Gasteiger partial charge >= 0.3 is 0 Å². The molecule has 1 aromatic heterocycles. The molecule has 0 aliphatic heterocycles. The Balaban J connectivity index is 1.85. The molecule has 0 spiro atoms. The Morgan fingerprint density at radius 2 is 2.00 bits per heavy atom. The number of halogens is 2. The number of nitrogen functional groups attached to an aromatic ring is 1. The normalized spacial score (nSPS) is 15.7. The highest BCUT2D eigenvalue weighted by Crippen LogP contribution is 2.37. The SMILES string of the molecule is Nc1onc(CCC2CCCC2)c1-c1ccc(Cl)cc1Cl. The van der Waals surface area contributed by atoms with Gasteiger partial charge in [-0.25, -0.2) is 0 Å². The standard InChI is InChI=1S/C16H18Cl2N2O/c17-11-6-7-12(13(18)9-11)15-14(20-21-16(15)19)8-5-10-3-1-2-4-10/h6-7,9-10H,1-5,8,19H2. The third kappa shape index (κ3) is 3.19. The Hall–Kier alpha value is -1.19. The van der Waals surface area contributed by atoms with E-state index in [1.807, 2.05) is 6.07 Å². The maximum absolute atomic E-state index is 6.28. The molecule has 0 radical (unpaired) electrons. The summed E-state index contributed by atoms with van der Waals surface area (Å²) in [7, 11) is 0. The van der Waals surface area contributed by atoms with Crippen LogP contribution >= 0.6 is 23.2 Å². The highest BCUT2D eigenvalue weighted by molar-refractivity contribution is 6.36. The molecule has 21 heavy (non-hydrogen) atoms. The van der Waals surface area contributed by atoms with E-state index in [2.05, 4.69) is 5.16 Å². The smallest absolute Gasteiger partial charge is 0.230 e. The van der Waals surface area contributed by atoms with Gasteiger partial charge < -0.3 is 10.3 Å². The van der Waals surface area contributed by atoms with Crippen molar-refractivity contribution in [3.05, 3.63) is 33.9 Å². The van der Waals surface area contributed by atoms with Crippen molar-refractivity contribution >= 4 is 29.1 Å². The van der Waals surface area contributed by atoms with E-state index in [0.717, 1.165) is 35.6 Å². The molecule has 1 aliphatic carbocycles. The fourth-order valence-electron chi connectivity index (χ4n) is 3.13. The summed E-state index contributed by atoms with van der Waals surface area (Å²) in [6.07, 6.45) is 7.35. The van der Waals surface area contributed by atoms with E-state index in [-0.39, 0.29) is 0 Å². The second-order valence-electron chi connectivity index (χ2n) is 5.68. The topological polar surface area (TPSA) is 52.0 Å². The first kappa shape index (κ1) is 14.7. The van der Waals surface area contributed by atoms with Crippen molar-refractivity contribution in [1.29, 1.82) is 0 Å². The molecular formula is C16H18Cl2N2O. The molecule has 2 N–H and O–H groups in total. The van der Waals surface area contributed by atoms with Gasteiger partial charge in [0.1, 0.15) is 0 Å². The van der Waals surface area contributed by atoms with E-state index in [4.69, 9.17) is 33.5 Å². The molecule has 0 atom stereocenters. The molecule has 1 fully saturated rings. The molecule has 0 unspecified atom stereocenters. The molecule has 112 valence electrons. The van der Waals surface area contributed by atoms with Gasteiger partial charge in [0.25, 0.3) is 0 Å². The summed E-state index contributed by atoms with van der Waals surface area (Å²) in [5, 5.41) is 5.30. The van der Waals surface area contributed by atoms with Crippen molar-refractivity contribution in [2.45, 2.75) is 38.5 Å². The third-order valence-electron chi connectivity index (χ3n) is 4.25. The van der Waals surface area contributed by atoms with Crippen LogP contribution in [0.5, 0.6) is 0 Å². The predicted octanol–water partition coefficient (Wildman–Crippen LogP) is 5.35. The highest BCUT2D eigenvalue weighted by Gasteiger charge is 2.21. The second kappa shape index (κ2) is 6.29. The number of aryl methyl sites for hydroxylation is 1. The quantitative estimate of drug-likeness (QED) is 0.824. The minimum absolute atomic E-state index is 0.320. The van der Waals surface area contributed by atoms with Crippen molar-refractivity contribution in [2.75, 3.05) is 5.73 Å². The maximum atomic E-state index is 6.28. The van der Waals surface area contributed by atoms with E-state index in [1.54, 1.807) is 12.1 Å². The monoisotopic (exact) mass is 324 g/mol. The van der Waals surface area contributed by atoms with Crippen LogP contribution in [0.2, 0.25) is 10.0 Å².